The molecule has 1 aromatic rings. The molecule has 0 unspecified atom stereocenters. The van der Waals surface area contributed by atoms with Crippen molar-refractivity contribution in [2.45, 2.75) is 0 Å². The normalized spacial score (nSPS) is 10.4. The van der Waals surface area contributed by atoms with Crippen molar-refractivity contribution in [3.8, 4) is 0 Å². The highest BCUT2D eigenvalue weighted by Crippen LogP contribution is 2.36. The molecule has 0 aliphatic carbocycles. The fourth-order valence-corrected chi connectivity index (χ4v) is 2.57. The number of nitrogens with zero attached hydrogens (tertiary/aromatic N) is 3. The van der Waals surface area contributed by atoms with Gasteiger partial charge in [0.25, 0.3) is 17.3 Å². The van der Waals surface area contributed by atoms with Crippen LogP contribution in [0.2, 0.25) is 0 Å². The fourth-order valence-electron chi connectivity index (χ4n) is 2.16. The van der Waals surface area contributed by atoms with Gasteiger partial charge in [0, 0.05) is 37.5 Å². The van der Waals surface area contributed by atoms with E-state index in [2.05, 4.69) is 5.32 Å². The summed E-state index contributed by atoms with van der Waals surface area (Å²) in [5.74, 6) is -0.587. The molecule has 138 valence electrons. The van der Waals surface area contributed by atoms with E-state index in [1.807, 2.05) is 0 Å². The number of amides is 1. The zero-order valence-corrected chi connectivity index (χ0v) is 14.5. The van der Waals surface area contributed by atoms with Crippen molar-refractivity contribution in [3.63, 3.8) is 0 Å². The van der Waals surface area contributed by atoms with E-state index in [1.165, 1.54) is 4.90 Å². The molecule has 1 amide bonds. The second-order valence-electron chi connectivity index (χ2n) is 4.72. The fraction of sp³-hybridized carbons (Fsp3) is 0.462. The number of hydrogen-bond donors (Lipinski definition) is 2. The van der Waals surface area contributed by atoms with Gasteiger partial charge in [0.05, 0.1) is 28.1 Å². The Balaban J connectivity index is 3.63. The third-order valence-electron chi connectivity index (χ3n) is 3.15. The highest BCUT2D eigenvalue weighted by molar-refractivity contribution is 6.18. The number of non-ortho nitro benzene ring substituents is 1. The van der Waals surface area contributed by atoms with Gasteiger partial charge < -0.3 is 15.3 Å². The first-order valence-electron chi connectivity index (χ1n) is 7.10. The Kier molecular flexibility index (Phi) is 8.32. The Bertz CT molecular complexity index is 652. The van der Waals surface area contributed by atoms with Gasteiger partial charge in [-0.15, -0.1) is 23.2 Å². The molecule has 0 fully saturated rings. The molecule has 0 saturated carbocycles. The molecule has 0 aliphatic rings. The van der Waals surface area contributed by atoms with Crippen LogP contribution in [0.3, 0.4) is 0 Å². The van der Waals surface area contributed by atoms with Gasteiger partial charge in [-0.1, -0.05) is 0 Å². The van der Waals surface area contributed by atoms with Crippen molar-refractivity contribution in [1.29, 1.82) is 0 Å². The molecule has 0 atom stereocenters. The first-order chi connectivity index (χ1) is 11.9. The summed E-state index contributed by atoms with van der Waals surface area (Å²) in [5, 5.41) is 33.6. The van der Waals surface area contributed by atoms with Crippen LogP contribution < -0.4 is 10.2 Å². The predicted molar refractivity (Wildman–Crippen MR) is 92.8 cm³/mol. The topological polar surface area (TPSA) is 139 Å². The van der Waals surface area contributed by atoms with E-state index in [9.17, 15) is 25.0 Å². The van der Waals surface area contributed by atoms with Crippen molar-refractivity contribution < 1.29 is 19.7 Å². The van der Waals surface area contributed by atoms with E-state index in [4.69, 9.17) is 28.3 Å². The molecule has 0 bridgehead atoms. The molecular formula is C13H16Cl2N4O6. The number of halogens is 2. The minimum absolute atomic E-state index is 0.0999. The van der Waals surface area contributed by atoms with Gasteiger partial charge in [-0.2, -0.15) is 0 Å². The summed E-state index contributed by atoms with van der Waals surface area (Å²) in [6.45, 7) is -0.175. The molecule has 25 heavy (non-hydrogen) atoms. The summed E-state index contributed by atoms with van der Waals surface area (Å²) in [7, 11) is 0. The Morgan fingerprint density at radius 2 is 1.76 bits per heavy atom. The molecule has 1 rings (SSSR count). The molecule has 1 aromatic carbocycles. The molecule has 0 radical (unpaired) electrons. The summed E-state index contributed by atoms with van der Waals surface area (Å²) in [6, 6.07) is 1.73. The third-order valence-corrected chi connectivity index (χ3v) is 3.49. The second-order valence-corrected chi connectivity index (χ2v) is 5.48. The quantitative estimate of drug-likeness (QED) is 0.348. The van der Waals surface area contributed by atoms with Gasteiger partial charge >= 0.3 is 0 Å². The van der Waals surface area contributed by atoms with Crippen LogP contribution in [-0.2, 0) is 0 Å². The zero-order chi connectivity index (χ0) is 19.0. The predicted octanol–water partition coefficient (Wildman–Crippen LogP) is 1.51. The molecule has 0 aliphatic heterocycles. The van der Waals surface area contributed by atoms with Gasteiger partial charge in [0.2, 0.25) is 0 Å². The Morgan fingerprint density at radius 1 is 1.16 bits per heavy atom. The minimum Gasteiger partial charge on any atom is -0.395 e. The molecule has 12 heteroatoms. The summed E-state index contributed by atoms with van der Waals surface area (Å²) in [4.78, 5) is 34.6. The molecule has 0 spiro atoms. The number of nitro groups is 2. The molecule has 10 nitrogen and oxygen atoms in total. The number of hydrogen-bond acceptors (Lipinski definition) is 7. The van der Waals surface area contributed by atoms with E-state index in [1.54, 1.807) is 0 Å². The van der Waals surface area contributed by atoms with Gasteiger partial charge in [-0.05, 0) is 0 Å². The SMILES string of the molecule is O=C(NCCO)c1cc([N+](=O)[O-])cc([N+](=O)[O-])c1N(CCCl)CCCl. The first-order valence-corrected chi connectivity index (χ1v) is 8.17. The standard InChI is InChI=1S/C13H16Cl2N4O6/c14-1-4-17(5-2-15)12-10(13(21)16-3-6-20)7-9(18(22)23)8-11(12)19(24)25/h7-8,20H,1-6H2,(H,16,21). The van der Waals surface area contributed by atoms with Crippen LogP contribution in [0.1, 0.15) is 10.4 Å². The molecular weight excluding hydrogens is 379 g/mol. The Labute approximate surface area is 152 Å². The third kappa shape index (κ3) is 5.41. The number of nitro benzene ring substituents is 2. The maximum absolute atomic E-state index is 12.3. The average Bonchev–Trinajstić information content (AvgIpc) is 2.58. The number of aliphatic hydroxyl groups is 1. The van der Waals surface area contributed by atoms with Crippen LogP contribution in [-0.4, -0.2) is 58.9 Å². The number of carbonyl (C=O) groups is 1. The van der Waals surface area contributed by atoms with Gasteiger partial charge in [-0.25, -0.2) is 0 Å². The summed E-state index contributed by atoms with van der Waals surface area (Å²) < 4.78 is 0. The smallest absolute Gasteiger partial charge is 0.300 e. The first kappa shape index (κ1) is 20.9. The van der Waals surface area contributed by atoms with Crippen molar-refractivity contribution in [3.05, 3.63) is 37.9 Å². The summed E-state index contributed by atoms with van der Waals surface area (Å²) >= 11 is 11.4. The number of nitrogens with one attached hydrogen (secondary N) is 1. The van der Waals surface area contributed by atoms with Crippen LogP contribution in [0.15, 0.2) is 12.1 Å². The Hall–Kier alpha value is -2.17. The number of anilines is 1. The van der Waals surface area contributed by atoms with Crippen LogP contribution in [0, 0.1) is 20.2 Å². The maximum Gasteiger partial charge on any atom is 0.300 e. The monoisotopic (exact) mass is 394 g/mol. The lowest BCUT2D eigenvalue weighted by Crippen LogP contribution is -2.33. The van der Waals surface area contributed by atoms with E-state index in [0.717, 1.165) is 12.1 Å². The van der Waals surface area contributed by atoms with Crippen LogP contribution in [0.4, 0.5) is 17.1 Å². The van der Waals surface area contributed by atoms with Crippen LogP contribution >= 0.6 is 23.2 Å². The number of rotatable bonds is 10. The van der Waals surface area contributed by atoms with E-state index >= 15 is 0 Å². The number of benzene rings is 1. The molecule has 2 N–H and O–H groups in total. The van der Waals surface area contributed by atoms with Crippen LogP contribution in [0.25, 0.3) is 0 Å². The zero-order valence-electron chi connectivity index (χ0n) is 13.0. The molecule has 0 saturated heterocycles. The number of carbonyl (C=O) groups excluding carboxylic acids is 1. The van der Waals surface area contributed by atoms with E-state index in [-0.39, 0.29) is 49.3 Å². The summed E-state index contributed by atoms with van der Waals surface area (Å²) in [6.07, 6.45) is 0. The van der Waals surface area contributed by atoms with Crippen molar-refractivity contribution in [2.24, 2.45) is 0 Å². The highest BCUT2D eigenvalue weighted by atomic mass is 35.5. The minimum atomic E-state index is -0.826. The highest BCUT2D eigenvalue weighted by Gasteiger charge is 2.30. The van der Waals surface area contributed by atoms with Gasteiger partial charge in [0.15, 0.2) is 0 Å². The van der Waals surface area contributed by atoms with E-state index < -0.39 is 27.1 Å². The average molecular weight is 395 g/mol. The Morgan fingerprint density at radius 3 is 2.20 bits per heavy atom. The largest absolute Gasteiger partial charge is 0.395 e. The van der Waals surface area contributed by atoms with Crippen molar-refractivity contribution in [2.75, 3.05) is 42.9 Å². The molecule has 0 heterocycles. The van der Waals surface area contributed by atoms with Crippen LogP contribution in [0.5, 0.6) is 0 Å². The van der Waals surface area contributed by atoms with Crippen molar-refractivity contribution in [1.82, 2.24) is 5.32 Å². The molecule has 0 aromatic heterocycles. The number of alkyl halides is 2. The van der Waals surface area contributed by atoms with Gasteiger partial charge in [0.1, 0.15) is 5.69 Å². The lowest BCUT2D eigenvalue weighted by molar-refractivity contribution is -0.393. The lowest BCUT2D eigenvalue weighted by Gasteiger charge is -2.24. The van der Waals surface area contributed by atoms with Crippen molar-refractivity contribution >= 4 is 46.2 Å². The van der Waals surface area contributed by atoms with E-state index in [0.29, 0.717) is 0 Å². The number of aliphatic hydroxyl groups excluding tert-OH is 1. The summed E-state index contributed by atoms with van der Waals surface area (Å²) in [5.41, 5.74) is -1.56. The second kappa shape index (κ2) is 9.97. The maximum atomic E-state index is 12.3. The van der Waals surface area contributed by atoms with Gasteiger partial charge in [-0.3, -0.25) is 25.0 Å². The lowest BCUT2D eigenvalue weighted by atomic mass is 10.1.